The van der Waals surface area contributed by atoms with Gasteiger partial charge in [0.05, 0.1) is 5.56 Å². The van der Waals surface area contributed by atoms with E-state index in [1.54, 1.807) is 25.4 Å². The molecule has 1 N–H and O–H groups in total. The second-order valence-electron chi connectivity index (χ2n) is 6.32. The van der Waals surface area contributed by atoms with Gasteiger partial charge >= 0.3 is 6.18 Å². The van der Waals surface area contributed by atoms with Crippen molar-refractivity contribution in [3.8, 4) is 0 Å². The molecule has 1 aromatic carbocycles. The highest BCUT2D eigenvalue weighted by Gasteiger charge is 2.30. The maximum atomic E-state index is 12.6. The Bertz CT molecular complexity index is 902. The molecule has 2 heterocycles. The Morgan fingerprint density at radius 2 is 1.72 bits per heavy atom. The standard InChI is InChI=1S/C13H11F3N2S.C8H9N.C2H6.CH2O/c1-17-12-6-5-11(8-18-12)19-10-4-2-3-9(7-10)13(14,15)16;1-2-8(6-9-5-1)7-3-4-7;2*1-2/h2-8H,1H3,(H,17,18);1-2,5-7H,3-4H2;1-2H3;1H2. The Balaban J connectivity index is 0.000000326. The van der Waals surface area contributed by atoms with E-state index in [4.69, 9.17) is 4.79 Å². The number of hydrogen-bond acceptors (Lipinski definition) is 5. The van der Waals surface area contributed by atoms with Gasteiger partial charge in [0.2, 0.25) is 0 Å². The number of anilines is 1. The van der Waals surface area contributed by atoms with Gasteiger partial charge in [-0.05, 0) is 60.7 Å². The zero-order valence-corrected chi connectivity index (χ0v) is 19.2. The summed E-state index contributed by atoms with van der Waals surface area (Å²) < 4.78 is 37.7. The summed E-state index contributed by atoms with van der Waals surface area (Å²) in [6, 6.07) is 13.0. The van der Waals surface area contributed by atoms with Gasteiger partial charge in [-0.2, -0.15) is 13.2 Å². The summed E-state index contributed by atoms with van der Waals surface area (Å²) in [5.74, 6) is 1.56. The van der Waals surface area contributed by atoms with Gasteiger partial charge in [-0.15, -0.1) is 0 Å². The van der Waals surface area contributed by atoms with Gasteiger partial charge in [0, 0.05) is 35.4 Å². The number of nitrogens with one attached hydrogen (secondary N) is 1. The van der Waals surface area contributed by atoms with E-state index in [9.17, 15) is 13.2 Å². The van der Waals surface area contributed by atoms with E-state index in [0.717, 1.165) is 22.9 Å². The van der Waals surface area contributed by atoms with Gasteiger partial charge in [-0.1, -0.05) is 37.7 Å². The summed E-state index contributed by atoms with van der Waals surface area (Å²) in [6.45, 7) is 6.00. The van der Waals surface area contributed by atoms with E-state index >= 15 is 0 Å². The Labute approximate surface area is 191 Å². The monoisotopic (exact) mass is 463 g/mol. The van der Waals surface area contributed by atoms with Crippen LogP contribution in [0.3, 0.4) is 0 Å². The van der Waals surface area contributed by atoms with Crippen LogP contribution in [0.5, 0.6) is 0 Å². The van der Waals surface area contributed by atoms with Crippen LogP contribution in [0, 0.1) is 0 Å². The zero-order chi connectivity index (χ0) is 24.0. The molecule has 8 heteroatoms. The summed E-state index contributed by atoms with van der Waals surface area (Å²) >= 11 is 1.25. The number of benzene rings is 1. The number of carbonyl (C=O) groups excluding carboxylic acids is 1. The van der Waals surface area contributed by atoms with E-state index < -0.39 is 11.7 Å². The molecule has 3 aromatic rings. The van der Waals surface area contributed by atoms with E-state index in [1.807, 2.05) is 45.2 Å². The first-order valence-corrected chi connectivity index (χ1v) is 10.9. The first kappa shape index (κ1) is 27.2. The molecular formula is C24H28F3N3OS. The quantitative estimate of drug-likeness (QED) is 0.447. The Hall–Kier alpha value is -2.87. The minimum atomic E-state index is -4.31. The van der Waals surface area contributed by atoms with Crippen LogP contribution in [0.4, 0.5) is 19.0 Å². The molecule has 4 nitrogen and oxygen atoms in total. The van der Waals surface area contributed by atoms with Gasteiger partial charge in [0.15, 0.2) is 0 Å². The molecular weight excluding hydrogens is 435 g/mol. The van der Waals surface area contributed by atoms with E-state index in [1.165, 1.54) is 36.2 Å². The van der Waals surface area contributed by atoms with Crippen LogP contribution in [-0.2, 0) is 11.0 Å². The molecule has 172 valence electrons. The van der Waals surface area contributed by atoms with Gasteiger partial charge in [0.1, 0.15) is 12.6 Å². The largest absolute Gasteiger partial charge is 0.416 e. The smallest absolute Gasteiger partial charge is 0.373 e. The van der Waals surface area contributed by atoms with Gasteiger partial charge < -0.3 is 10.1 Å². The van der Waals surface area contributed by atoms with Gasteiger partial charge in [-0.3, -0.25) is 4.98 Å². The number of halogens is 3. The summed E-state index contributed by atoms with van der Waals surface area (Å²) in [6.07, 6.45) is 3.84. The highest BCUT2D eigenvalue weighted by Crippen LogP contribution is 2.39. The van der Waals surface area contributed by atoms with Crippen molar-refractivity contribution in [1.82, 2.24) is 9.97 Å². The second kappa shape index (κ2) is 14.2. The molecule has 2 aromatic heterocycles. The van der Waals surface area contributed by atoms with Crippen molar-refractivity contribution in [2.24, 2.45) is 0 Å². The molecule has 0 spiro atoms. The lowest BCUT2D eigenvalue weighted by atomic mass is 10.2. The van der Waals surface area contributed by atoms with Crippen molar-refractivity contribution in [2.75, 3.05) is 12.4 Å². The van der Waals surface area contributed by atoms with Crippen LogP contribution in [0.25, 0.3) is 0 Å². The number of carbonyl (C=O) groups is 1. The van der Waals surface area contributed by atoms with Crippen molar-refractivity contribution in [2.45, 2.75) is 48.6 Å². The molecule has 1 aliphatic rings. The molecule has 0 atom stereocenters. The SMILES string of the molecule is C=O.CC.CNc1ccc(Sc2cccc(C(F)(F)F)c2)cn1.c1cncc(C2CC2)c1. The van der Waals surface area contributed by atoms with E-state index in [-0.39, 0.29) is 0 Å². The first-order valence-electron chi connectivity index (χ1n) is 10.1. The number of pyridine rings is 2. The molecule has 0 unspecified atom stereocenters. The lowest BCUT2D eigenvalue weighted by Gasteiger charge is -2.08. The van der Waals surface area contributed by atoms with Gasteiger partial charge in [0.25, 0.3) is 0 Å². The van der Waals surface area contributed by atoms with E-state index in [2.05, 4.69) is 21.4 Å². The first-order chi connectivity index (χ1) is 15.5. The minimum Gasteiger partial charge on any atom is -0.373 e. The van der Waals surface area contributed by atoms with Crippen LogP contribution in [0.15, 0.2) is 76.9 Å². The van der Waals surface area contributed by atoms with Crippen molar-refractivity contribution in [3.63, 3.8) is 0 Å². The van der Waals surface area contributed by atoms with Crippen molar-refractivity contribution in [1.29, 1.82) is 0 Å². The Kier molecular flexibility index (Phi) is 12.1. The molecule has 1 saturated carbocycles. The number of aromatic nitrogens is 2. The molecule has 4 rings (SSSR count). The molecule has 0 amide bonds. The average molecular weight is 464 g/mol. The lowest BCUT2D eigenvalue weighted by Crippen LogP contribution is -2.04. The van der Waals surface area contributed by atoms with Crippen molar-refractivity contribution < 1.29 is 18.0 Å². The Morgan fingerprint density at radius 3 is 2.22 bits per heavy atom. The van der Waals surface area contributed by atoms with Crippen molar-refractivity contribution in [3.05, 3.63) is 78.2 Å². The molecule has 1 aliphatic carbocycles. The molecule has 0 radical (unpaired) electrons. The maximum absolute atomic E-state index is 12.6. The fourth-order valence-corrected chi connectivity index (χ4v) is 3.34. The second-order valence-corrected chi connectivity index (χ2v) is 7.46. The van der Waals surface area contributed by atoms with Crippen LogP contribution < -0.4 is 5.32 Å². The third-order valence-corrected chi connectivity index (χ3v) is 5.09. The zero-order valence-electron chi connectivity index (χ0n) is 18.4. The molecule has 0 aliphatic heterocycles. The highest BCUT2D eigenvalue weighted by molar-refractivity contribution is 7.99. The van der Waals surface area contributed by atoms with Crippen LogP contribution in [0.1, 0.15) is 43.7 Å². The molecule has 0 saturated heterocycles. The van der Waals surface area contributed by atoms with Gasteiger partial charge in [-0.25, -0.2) is 4.98 Å². The predicted molar refractivity (Wildman–Crippen MR) is 124 cm³/mol. The number of nitrogens with zero attached hydrogens (tertiary/aromatic N) is 2. The fourth-order valence-electron chi connectivity index (χ4n) is 2.49. The maximum Gasteiger partial charge on any atom is 0.416 e. The highest BCUT2D eigenvalue weighted by atomic mass is 32.2. The lowest BCUT2D eigenvalue weighted by molar-refractivity contribution is -0.137. The topological polar surface area (TPSA) is 54.9 Å². The minimum absolute atomic E-state index is 0.536. The normalized spacial score (nSPS) is 12.1. The predicted octanol–water partition coefficient (Wildman–Crippen LogP) is 7.09. The van der Waals surface area contributed by atoms with Crippen LogP contribution in [-0.4, -0.2) is 23.8 Å². The number of hydrogen-bond donors (Lipinski definition) is 1. The number of alkyl halides is 3. The van der Waals surface area contributed by atoms with Crippen LogP contribution >= 0.6 is 11.8 Å². The summed E-state index contributed by atoms with van der Waals surface area (Å²) in [7, 11) is 1.75. The summed E-state index contributed by atoms with van der Waals surface area (Å²) in [5.41, 5.74) is 0.773. The third kappa shape index (κ3) is 9.51. The number of rotatable bonds is 4. The Morgan fingerprint density at radius 1 is 1.00 bits per heavy atom. The molecule has 0 bridgehead atoms. The van der Waals surface area contributed by atoms with Crippen LogP contribution in [0.2, 0.25) is 0 Å². The fraction of sp³-hybridized carbons (Fsp3) is 0.292. The van der Waals surface area contributed by atoms with Crippen molar-refractivity contribution >= 4 is 24.4 Å². The molecule has 1 fully saturated rings. The average Bonchev–Trinajstić information content (AvgIpc) is 3.69. The summed E-state index contributed by atoms with van der Waals surface area (Å²) in [5, 5.41) is 2.88. The van der Waals surface area contributed by atoms with E-state index in [0.29, 0.717) is 10.7 Å². The molecule has 32 heavy (non-hydrogen) atoms. The summed E-state index contributed by atoms with van der Waals surface area (Å²) in [4.78, 5) is 17.5. The third-order valence-electron chi connectivity index (χ3n) is 4.12.